The Morgan fingerprint density at radius 1 is 0.921 bits per heavy atom. The van der Waals surface area contributed by atoms with Crippen molar-refractivity contribution in [2.45, 2.75) is 25.9 Å². The molecule has 0 bridgehead atoms. The molecule has 0 saturated carbocycles. The zero-order valence-electron chi connectivity index (χ0n) is 20.3. The van der Waals surface area contributed by atoms with E-state index in [0.717, 1.165) is 16.0 Å². The number of carboxylic acid groups (broad SMARTS) is 1. The summed E-state index contributed by atoms with van der Waals surface area (Å²) >= 11 is 0. The van der Waals surface area contributed by atoms with Crippen LogP contribution in [0.2, 0.25) is 0 Å². The molecule has 0 aliphatic carbocycles. The predicted molar refractivity (Wildman–Crippen MR) is 141 cm³/mol. The quantitative estimate of drug-likeness (QED) is 0.349. The van der Waals surface area contributed by atoms with Crippen molar-refractivity contribution in [1.29, 1.82) is 0 Å². The van der Waals surface area contributed by atoms with Gasteiger partial charge in [-0.2, -0.15) is 4.98 Å². The molecule has 0 saturated heterocycles. The number of hydrogen-bond donors (Lipinski definition) is 2. The summed E-state index contributed by atoms with van der Waals surface area (Å²) in [4.78, 5) is 41.3. The molecule has 10 heteroatoms. The maximum absolute atomic E-state index is 12.5. The van der Waals surface area contributed by atoms with E-state index in [9.17, 15) is 19.5 Å². The Morgan fingerprint density at radius 2 is 1.63 bits per heavy atom. The van der Waals surface area contributed by atoms with Crippen molar-refractivity contribution < 1.29 is 14.7 Å². The summed E-state index contributed by atoms with van der Waals surface area (Å²) in [6, 6.07) is 23.2. The highest BCUT2D eigenvalue weighted by atomic mass is 16.4. The highest BCUT2D eigenvalue weighted by molar-refractivity contribution is 5.91. The first kappa shape index (κ1) is 25.8. The zero-order valence-corrected chi connectivity index (χ0v) is 20.3. The number of hydrogen-bond acceptors (Lipinski definition) is 6. The van der Waals surface area contributed by atoms with Gasteiger partial charge in [0.15, 0.2) is 5.82 Å². The minimum atomic E-state index is -1.20. The number of nitrogens with one attached hydrogen (secondary N) is 1. The highest BCUT2D eigenvalue weighted by Crippen LogP contribution is 2.13. The summed E-state index contributed by atoms with van der Waals surface area (Å²) in [5, 5.41) is 20.3. The molecule has 38 heavy (non-hydrogen) atoms. The predicted octanol–water partition coefficient (Wildman–Crippen LogP) is 3.34. The maximum atomic E-state index is 12.5. The van der Waals surface area contributed by atoms with Gasteiger partial charge in [0.05, 0.1) is 13.0 Å². The number of aromatic nitrogens is 4. The summed E-state index contributed by atoms with van der Waals surface area (Å²) < 4.78 is 1.36. The third-order valence-corrected chi connectivity index (χ3v) is 5.38. The van der Waals surface area contributed by atoms with E-state index in [1.165, 1.54) is 16.8 Å². The normalized spacial score (nSPS) is 10.2. The second-order valence-corrected chi connectivity index (χ2v) is 8.18. The van der Waals surface area contributed by atoms with Crippen LogP contribution in [0.5, 0.6) is 0 Å². The summed E-state index contributed by atoms with van der Waals surface area (Å²) in [6.45, 7) is 0.348. The molecule has 2 amide bonds. The van der Waals surface area contributed by atoms with Crippen molar-refractivity contribution in [2.24, 2.45) is 0 Å². The van der Waals surface area contributed by atoms with Crippen molar-refractivity contribution in [2.75, 3.05) is 10.2 Å². The van der Waals surface area contributed by atoms with Gasteiger partial charge in [-0.3, -0.25) is 14.3 Å². The van der Waals surface area contributed by atoms with Gasteiger partial charge in [0, 0.05) is 19.2 Å². The van der Waals surface area contributed by atoms with E-state index in [2.05, 4.69) is 32.3 Å². The molecule has 4 aromatic rings. The third-order valence-electron chi connectivity index (χ3n) is 5.38. The van der Waals surface area contributed by atoms with Crippen LogP contribution in [0.25, 0.3) is 0 Å². The minimum Gasteiger partial charge on any atom is -0.465 e. The van der Waals surface area contributed by atoms with E-state index >= 15 is 0 Å². The van der Waals surface area contributed by atoms with Crippen LogP contribution in [0.1, 0.15) is 23.2 Å². The molecule has 0 spiro atoms. The molecular formula is C28H24N6O4. The van der Waals surface area contributed by atoms with Crippen molar-refractivity contribution >= 4 is 23.6 Å². The summed E-state index contributed by atoms with van der Waals surface area (Å²) in [5.74, 6) is 5.99. The molecule has 2 N–H and O–H groups in total. The number of amides is 2. The Hall–Kier alpha value is -5.30. The van der Waals surface area contributed by atoms with E-state index in [0.29, 0.717) is 17.9 Å². The molecule has 2 heterocycles. The first-order valence-corrected chi connectivity index (χ1v) is 11.8. The van der Waals surface area contributed by atoms with Crippen LogP contribution in [-0.4, -0.2) is 36.9 Å². The van der Waals surface area contributed by atoms with E-state index in [1.54, 1.807) is 24.3 Å². The molecule has 2 aromatic heterocycles. The molecule has 0 radical (unpaired) electrons. The Labute approximate surface area is 218 Å². The Balaban J connectivity index is 1.30. The van der Waals surface area contributed by atoms with Gasteiger partial charge in [-0.05, 0) is 35.2 Å². The van der Waals surface area contributed by atoms with E-state index in [4.69, 9.17) is 0 Å². The zero-order chi connectivity index (χ0) is 26.7. The van der Waals surface area contributed by atoms with Gasteiger partial charge in [-0.15, -0.1) is 10.2 Å². The van der Waals surface area contributed by atoms with E-state index < -0.39 is 11.8 Å². The summed E-state index contributed by atoms with van der Waals surface area (Å²) in [6.07, 6.45) is 0.873. The van der Waals surface area contributed by atoms with Gasteiger partial charge in [-0.25, -0.2) is 9.59 Å². The lowest BCUT2D eigenvalue weighted by molar-refractivity contribution is -0.115. The number of anilines is 2. The van der Waals surface area contributed by atoms with Gasteiger partial charge in [0.2, 0.25) is 5.91 Å². The number of carbonyl (C=O) groups excluding carboxylic acids is 1. The fraction of sp³-hybridized carbons (Fsp3) is 0.143. The van der Waals surface area contributed by atoms with Crippen LogP contribution in [0, 0.1) is 11.8 Å². The Morgan fingerprint density at radius 3 is 2.26 bits per heavy atom. The average molecular weight is 509 g/mol. The van der Waals surface area contributed by atoms with Crippen molar-refractivity contribution in [3.05, 3.63) is 112 Å². The van der Waals surface area contributed by atoms with E-state index in [1.807, 2.05) is 48.5 Å². The minimum absolute atomic E-state index is 0.0555. The molecule has 2 aromatic carbocycles. The lowest BCUT2D eigenvalue weighted by atomic mass is 10.1. The largest absolute Gasteiger partial charge is 0.465 e. The van der Waals surface area contributed by atoms with Crippen LogP contribution >= 0.6 is 0 Å². The SMILES string of the molecule is O=C(Cc1ccccc1)Nc1ccc(C#CCCn2ccc(N(Cc3ccccc3)C(=O)O)nc2=O)nn1. The molecule has 0 fully saturated rings. The van der Waals surface area contributed by atoms with Crippen LogP contribution in [0.3, 0.4) is 0 Å². The van der Waals surface area contributed by atoms with Gasteiger partial charge < -0.3 is 10.4 Å². The number of rotatable bonds is 8. The fourth-order valence-corrected chi connectivity index (χ4v) is 3.52. The molecule has 4 rings (SSSR count). The Kier molecular flexibility index (Phi) is 8.55. The molecule has 0 aliphatic rings. The molecule has 10 nitrogen and oxygen atoms in total. The fourth-order valence-electron chi connectivity index (χ4n) is 3.52. The van der Waals surface area contributed by atoms with Crippen molar-refractivity contribution in [3.63, 3.8) is 0 Å². The average Bonchev–Trinajstić information content (AvgIpc) is 2.92. The molecule has 0 atom stereocenters. The topological polar surface area (TPSA) is 130 Å². The molecule has 190 valence electrons. The van der Waals surface area contributed by atoms with Crippen molar-refractivity contribution in [3.8, 4) is 11.8 Å². The number of nitrogens with zero attached hydrogens (tertiary/aromatic N) is 5. The van der Waals surface area contributed by atoms with Crippen LogP contribution in [0.4, 0.5) is 16.4 Å². The smallest absolute Gasteiger partial charge is 0.413 e. The van der Waals surface area contributed by atoms with Crippen LogP contribution in [-0.2, 0) is 24.3 Å². The molecular weight excluding hydrogens is 484 g/mol. The molecule has 0 unspecified atom stereocenters. The van der Waals surface area contributed by atoms with Crippen molar-refractivity contribution in [1.82, 2.24) is 19.7 Å². The second kappa shape index (κ2) is 12.6. The van der Waals surface area contributed by atoms with Gasteiger partial charge in [0.1, 0.15) is 11.5 Å². The first-order valence-electron chi connectivity index (χ1n) is 11.8. The highest BCUT2D eigenvalue weighted by Gasteiger charge is 2.17. The maximum Gasteiger partial charge on any atom is 0.413 e. The number of aryl methyl sites for hydroxylation is 1. The number of benzene rings is 2. The standard InChI is InChI=1S/C28H24N6O4/c35-26(19-21-9-3-1-4-10-21)29-24-15-14-23(31-32-24)13-7-8-17-33-18-16-25(30-27(33)36)34(28(37)38)20-22-11-5-2-6-12-22/h1-6,9-12,14-16,18H,8,17,19-20H2,(H,37,38)(H,29,32,35). The summed E-state index contributed by atoms with van der Waals surface area (Å²) in [7, 11) is 0. The Bertz CT molecular complexity index is 1510. The van der Waals surface area contributed by atoms with E-state index in [-0.39, 0.29) is 31.2 Å². The lowest BCUT2D eigenvalue weighted by Gasteiger charge is -2.18. The van der Waals surface area contributed by atoms with Gasteiger partial charge in [0.25, 0.3) is 0 Å². The first-order chi connectivity index (χ1) is 18.5. The second-order valence-electron chi connectivity index (χ2n) is 8.18. The van der Waals surface area contributed by atoms with Crippen LogP contribution < -0.4 is 15.9 Å². The monoisotopic (exact) mass is 508 g/mol. The third kappa shape index (κ3) is 7.35. The van der Waals surface area contributed by atoms with Crippen LogP contribution in [0.15, 0.2) is 89.9 Å². The molecule has 0 aliphatic heterocycles. The van der Waals surface area contributed by atoms with Gasteiger partial charge in [-0.1, -0.05) is 66.6 Å². The lowest BCUT2D eigenvalue weighted by Crippen LogP contribution is -2.33. The van der Waals surface area contributed by atoms with Gasteiger partial charge >= 0.3 is 11.8 Å². The summed E-state index contributed by atoms with van der Waals surface area (Å²) in [5.41, 5.74) is 1.53. The number of carbonyl (C=O) groups is 2.